The highest BCUT2D eigenvalue weighted by atomic mass is 16.6. The normalized spacial score (nSPS) is 22.2. The lowest BCUT2D eigenvalue weighted by atomic mass is 9.87. The lowest BCUT2D eigenvalue weighted by Crippen LogP contribution is -2.50. The van der Waals surface area contributed by atoms with Crippen molar-refractivity contribution in [3.8, 4) is 5.75 Å². The lowest BCUT2D eigenvalue weighted by Gasteiger charge is -2.41. The molecule has 0 saturated carbocycles. The SMILES string of the molecule is C/C=C(/C)C(=O)O[C@H]1c2c(ccc3ccc(=O)oc23)OC(C)(C)[C@H]1O. The number of rotatable bonds is 2. The molecule has 0 amide bonds. The van der Waals surface area contributed by atoms with Crippen molar-refractivity contribution in [2.75, 3.05) is 0 Å². The number of esters is 1. The van der Waals surface area contributed by atoms with Crippen LogP contribution in [-0.2, 0) is 9.53 Å². The van der Waals surface area contributed by atoms with Crippen LogP contribution in [0.4, 0.5) is 0 Å². The minimum Gasteiger partial charge on any atom is -0.484 e. The van der Waals surface area contributed by atoms with Crippen molar-refractivity contribution in [2.24, 2.45) is 0 Å². The molecular weight excluding hydrogens is 324 g/mol. The van der Waals surface area contributed by atoms with E-state index in [2.05, 4.69) is 0 Å². The summed E-state index contributed by atoms with van der Waals surface area (Å²) >= 11 is 0. The molecule has 0 radical (unpaired) electrons. The Labute approximate surface area is 144 Å². The molecule has 0 spiro atoms. The Morgan fingerprint density at radius 2 is 1.96 bits per heavy atom. The average molecular weight is 344 g/mol. The summed E-state index contributed by atoms with van der Waals surface area (Å²) in [5.74, 6) is -0.140. The summed E-state index contributed by atoms with van der Waals surface area (Å²) in [7, 11) is 0. The van der Waals surface area contributed by atoms with E-state index in [1.807, 2.05) is 0 Å². The predicted molar refractivity (Wildman–Crippen MR) is 91.5 cm³/mol. The molecule has 1 aliphatic rings. The Hall–Kier alpha value is -2.60. The van der Waals surface area contributed by atoms with Gasteiger partial charge in [-0.2, -0.15) is 0 Å². The van der Waals surface area contributed by atoms with Crippen LogP contribution in [0.2, 0.25) is 0 Å². The van der Waals surface area contributed by atoms with Crippen LogP contribution in [0.25, 0.3) is 11.0 Å². The number of ether oxygens (including phenoxy) is 2. The number of aliphatic hydroxyl groups excluding tert-OH is 1. The zero-order valence-electron chi connectivity index (χ0n) is 14.5. The van der Waals surface area contributed by atoms with Gasteiger partial charge in [0, 0.05) is 17.0 Å². The summed E-state index contributed by atoms with van der Waals surface area (Å²) in [6.45, 7) is 6.76. The summed E-state index contributed by atoms with van der Waals surface area (Å²) in [4.78, 5) is 24.0. The number of hydrogen-bond donors (Lipinski definition) is 1. The average Bonchev–Trinajstić information content (AvgIpc) is 2.57. The number of fused-ring (bicyclic) bond motifs is 3. The van der Waals surface area contributed by atoms with E-state index in [9.17, 15) is 14.7 Å². The fourth-order valence-electron chi connectivity index (χ4n) is 2.81. The molecule has 0 aliphatic carbocycles. The topological polar surface area (TPSA) is 86.0 Å². The second-order valence-electron chi connectivity index (χ2n) is 6.60. The highest BCUT2D eigenvalue weighted by Gasteiger charge is 2.46. The van der Waals surface area contributed by atoms with Gasteiger partial charge in [0.1, 0.15) is 23.0 Å². The number of hydrogen-bond acceptors (Lipinski definition) is 6. The van der Waals surface area contributed by atoms with Gasteiger partial charge in [-0.3, -0.25) is 0 Å². The van der Waals surface area contributed by atoms with Crippen LogP contribution in [-0.4, -0.2) is 22.8 Å². The molecule has 1 N–H and O–H groups in total. The maximum atomic E-state index is 12.3. The third-order valence-corrected chi connectivity index (χ3v) is 4.43. The first-order valence-corrected chi connectivity index (χ1v) is 8.02. The van der Waals surface area contributed by atoms with E-state index >= 15 is 0 Å². The maximum absolute atomic E-state index is 12.3. The third-order valence-electron chi connectivity index (χ3n) is 4.43. The zero-order valence-corrected chi connectivity index (χ0v) is 14.5. The largest absolute Gasteiger partial charge is 0.484 e. The van der Waals surface area contributed by atoms with Crippen molar-refractivity contribution in [1.29, 1.82) is 0 Å². The molecule has 2 atom stereocenters. The maximum Gasteiger partial charge on any atom is 0.336 e. The van der Waals surface area contributed by atoms with Crippen LogP contribution < -0.4 is 10.4 Å². The summed E-state index contributed by atoms with van der Waals surface area (Å²) in [5.41, 5.74) is -0.491. The molecule has 0 unspecified atom stereocenters. The van der Waals surface area contributed by atoms with E-state index in [4.69, 9.17) is 13.9 Å². The molecular formula is C19H20O6. The van der Waals surface area contributed by atoms with E-state index in [0.717, 1.165) is 0 Å². The van der Waals surface area contributed by atoms with E-state index in [1.54, 1.807) is 52.0 Å². The Morgan fingerprint density at radius 1 is 1.28 bits per heavy atom. The van der Waals surface area contributed by atoms with Gasteiger partial charge in [-0.1, -0.05) is 6.08 Å². The molecule has 6 heteroatoms. The first-order valence-electron chi connectivity index (χ1n) is 8.02. The molecule has 2 aromatic rings. The zero-order chi connectivity index (χ0) is 18.4. The molecule has 2 heterocycles. The number of carbonyl (C=O) groups excluding carboxylic acids is 1. The van der Waals surface area contributed by atoms with Crippen LogP contribution in [0, 0.1) is 0 Å². The monoisotopic (exact) mass is 344 g/mol. The molecule has 0 bridgehead atoms. The van der Waals surface area contributed by atoms with Gasteiger partial charge in [0.15, 0.2) is 6.10 Å². The van der Waals surface area contributed by atoms with Crippen molar-refractivity contribution in [1.82, 2.24) is 0 Å². The molecule has 1 aliphatic heterocycles. The second kappa shape index (κ2) is 6.04. The Morgan fingerprint density at radius 3 is 2.64 bits per heavy atom. The summed E-state index contributed by atoms with van der Waals surface area (Å²) in [6.07, 6.45) is -0.524. The van der Waals surface area contributed by atoms with Crippen molar-refractivity contribution in [3.63, 3.8) is 0 Å². The smallest absolute Gasteiger partial charge is 0.336 e. The first-order chi connectivity index (χ1) is 11.7. The van der Waals surface area contributed by atoms with Gasteiger partial charge in [-0.05, 0) is 45.9 Å². The second-order valence-corrected chi connectivity index (χ2v) is 6.60. The van der Waals surface area contributed by atoms with Crippen molar-refractivity contribution in [2.45, 2.75) is 45.5 Å². The fourth-order valence-corrected chi connectivity index (χ4v) is 2.81. The van der Waals surface area contributed by atoms with Crippen LogP contribution in [0.5, 0.6) is 5.75 Å². The van der Waals surface area contributed by atoms with Gasteiger partial charge in [-0.15, -0.1) is 0 Å². The van der Waals surface area contributed by atoms with Gasteiger partial charge in [0.2, 0.25) is 0 Å². The number of benzene rings is 1. The van der Waals surface area contributed by atoms with Crippen LogP contribution in [0.15, 0.2) is 45.1 Å². The molecule has 0 fully saturated rings. The number of aliphatic hydroxyl groups is 1. The molecule has 0 saturated heterocycles. The highest BCUT2D eigenvalue weighted by Crippen LogP contribution is 2.45. The Bertz CT molecular complexity index is 921. The summed E-state index contributed by atoms with van der Waals surface area (Å²) in [6, 6.07) is 6.39. The van der Waals surface area contributed by atoms with E-state index in [-0.39, 0.29) is 5.58 Å². The van der Waals surface area contributed by atoms with Crippen molar-refractivity contribution >= 4 is 16.9 Å². The van der Waals surface area contributed by atoms with Gasteiger partial charge >= 0.3 is 11.6 Å². The lowest BCUT2D eigenvalue weighted by molar-refractivity contribution is -0.166. The summed E-state index contributed by atoms with van der Waals surface area (Å²) < 4.78 is 16.7. The van der Waals surface area contributed by atoms with Gasteiger partial charge in [0.25, 0.3) is 0 Å². The quantitative estimate of drug-likeness (QED) is 0.512. The molecule has 25 heavy (non-hydrogen) atoms. The van der Waals surface area contributed by atoms with Crippen LogP contribution >= 0.6 is 0 Å². The minimum atomic E-state index is -1.13. The molecule has 1 aromatic heterocycles. The minimum absolute atomic E-state index is 0.246. The number of carbonyl (C=O) groups is 1. The predicted octanol–water partition coefficient (Wildman–Crippen LogP) is 2.88. The molecule has 6 nitrogen and oxygen atoms in total. The van der Waals surface area contributed by atoms with Crippen LogP contribution in [0.3, 0.4) is 0 Å². The van der Waals surface area contributed by atoms with E-state index < -0.39 is 29.4 Å². The Balaban J connectivity index is 2.22. The third kappa shape index (κ3) is 2.93. The van der Waals surface area contributed by atoms with Crippen molar-refractivity contribution in [3.05, 3.63) is 51.9 Å². The first kappa shape index (κ1) is 17.2. The van der Waals surface area contributed by atoms with Gasteiger partial charge in [-0.25, -0.2) is 9.59 Å². The van der Waals surface area contributed by atoms with E-state index in [1.165, 1.54) is 6.07 Å². The standard InChI is InChI=1S/C19H20O6/c1-5-10(2)18(22)24-16-14-12(25-19(3,4)17(16)21)8-6-11-7-9-13(20)23-15(11)14/h5-9,16-17,21H,1-4H3/b10-5-/t16-,17-/m0/s1. The fraction of sp³-hybridized carbons (Fsp3) is 0.368. The van der Waals surface area contributed by atoms with Crippen LogP contribution in [0.1, 0.15) is 39.4 Å². The van der Waals surface area contributed by atoms with E-state index in [0.29, 0.717) is 22.3 Å². The molecule has 3 rings (SSSR count). The van der Waals surface area contributed by atoms with Gasteiger partial charge < -0.3 is 19.0 Å². The summed E-state index contributed by atoms with van der Waals surface area (Å²) in [5, 5.41) is 11.4. The molecule has 132 valence electrons. The number of allylic oxidation sites excluding steroid dienone is 1. The Kier molecular flexibility index (Phi) is 4.16. The highest BCUT2D eigenvalue weighted by molar-refractivity contribution is 5.89. The van der Waals surface area contributed by atoms with Crippen molar-refractivity contribution < 1.29 is 23.8 Å². The van der Waals surface area contributed by atoms with Gasteiger partial charge in [0.05, 0.1) is 5.56 Å². The molecule has 1 aromatic carbocycles.